The molecule has 2 atom stereocenters. The Bertz CT molecular complexity index is 455. The Morgan fingerprint density at radius 2 is 2.37 bits per heavy atom. The maximum Gasteiger partial charge on any atom is 0.265 e. The minimum absolute atomic E-state index is 0.0660. The summed E-state index contributed by atoms with van der Waals surface area (Å²) >= 11 is 1.44. The van der Waals surface area contributed by atoms with Crippen molar-refractivity contribution in [3.8, 4) is 0 Å². The normalized spacial score (nSPS) is 20.5. The van der Waals surface area contributed by atoms with Crippen LogP contribution in [0.2, 0.25) is 0 Å². The van der Waals surface area contributed by atoms with Crippen LogP contribution in [0.15, 0.2) is 0 Å². The summed E-state index contributed by atoms with van der Waals surface area (Å²) in [5, 5.41) is 4.14. The largest absolute Gasteiger partial charge is 0.375 e. The van der Waals surface area contributed by atoms with E-state index in [1.807, 2.05) is 25.8 Å². The van der Waals surface area contributed by atoms with Crippen LogP contribution in [0, 0.1) is 6.92 Å². The van der Waals surface area contributed by atoms with Crippen molar-refractivity contribution in [2.75, 3.05) is 27.2 Å². The number of hydrogen-bond acceptors (Lipinski definition) is 5. The number of aryl methyl sites for hydroxylation is 1. The lowest BCUT2D eigenvalue weighted by Crippen LogP contribution is -2.38. The van der Waals surface area contributed by atoms with E-state index in [1.165, 1.54) is 11.3 Å². The van der Waals surface area contributed by atoms with Gasteiger partial charge in [0, 0.05) is 26.7 Å². The molecule has 1 aliphatic heterocycles. The smallest absolute Gasteiger partial charge is 0.265 e. The molecule has 0 spiro atoms. The van der Waals surface area contributed by atoms with Crippen molar-refractivity contribution in [2.24, 2.45) is 0 Å². The fraction of sp³-hybridized carbons (Fsp3) is 0.692. The Hall–Kier alpha value is -0.980. The van der Waals surface area contributed by atoms with Crippen LogP contribution < -0.4 is 5.32 Å². The van der Waals surface area contributed by atoms with E-state index in [4.69, 9.17) is 4.74 Å². The maximum absolute atomic E-state index is 12.5. The molecule has 0 unspecified atom stereocenters. The summed E-state index contributed by atoms with van der Waals surface area (Å²) in [6, 6.07) is 0.289. The zero-order chi connectivity index (χ0) is 14.0. The highest BCUT2D eigenvalue weighted by Gasteiger charge is 2.27. The van der Waals surface area contributed by atoms with Gasteiger partial charge in [0.2, 0.25) is 0 Å². The molecule has 1 N–H and O–H groups in total. The number of aromatic nitrogens is 1. The van der Waals surface area contributed by atoms with Crippen molar-refractivity contribution in [3.05, 3.63) is 15.6 Å². The molecule has 19 heavy (non-hydrogen) atoms. The number of hydrogen-bond donors (Lipinski definition) is 1. The van der Waals surface area contributed by atoms with Crippen LogP contribution in [0.3, 0.4) is 0 Å². The van der Waals surface area contributed by atoms with Crippen molar-refractivity contribution in [2.45, 2.75) is 32.4 Å². The van der Waals surface area contributed by atoms with Gasteiger partial charge >= 0.3 is 0 Å². The van der Waals surface area contributed by atoms with E-state index in [0.29, 0.717) is 0 Å². The molecule has 0 aromatic carbocycles. The second-order valence-electron chi connectivity index (χ2n) is 4.91. The quantitative estimate of drug-likeness (QED) is 0.912. The van der Waals surface area contributed by atoms with Crippen LogP contribution in [-0.4, -0.2) is 49.1 Å². The number of carbonyl (C=O) groups is 1. The summed E-state index contributed by atoms with van der Waals surface area (Å²) < 4.78 is 5.26. The number of methoxy groups -OCH3 is 1. The van der Waals surface area contributed by atoms with E-state index in [2.05, 4.69) is 10.3 Å². The molecule has 2 heterocycles. The second kappa shape index (κ2) is 5.98. The maximum atomic E-state index is 12.5. The van der Waals surface area contributed by atoms with Crippen LogP contribution in [0.25, 0.3) is 0 Å². The predicted molar refractivity (Wildman–Crippen MR) is 75.6 cm³/mol. The van der Waals surface area contributed by atoms with Gasteiger partial charge in [-0.1, -0.05) is 0 Å². The van der Waals surface area contributed by atoms with Gasteiger partial charge in [0.1, 0.15) is 16.0 Å². The molecule has 0 bridgehead atoms. The van der Waals surface area contributed by atoms with Gasteiger partial charge in [-0.25, -0.2) is 4.98 Å². The van der Waals surface area contributed by atoms with E-state index in [-0.39, 0.29) is 18.1 Å². The van der Waals surface area contributed by atoms with Crippen LogP contribution in [0.4, 0.5) is 0 Å². The zero-order valence-corrected chi connectivity index (χ0v) is 12.7. The summed E-state index contributed by atoms with van der Waals surface area (Å²) in [5.41, 5.74) is 0.798. The van der Waals surface area contributed by atoms with E-state index >= 15 is 0 Å². The molecule has 1 aliphatic rings. The van der Waals surface area contributed by atoms with Gasteiger partial charge in [-0.3, -0.25) is 4.79 Å². The average Bonchev–Trinajstić information content (AvgIpc) is 3.05. The summed E-state index contributed by atoms with van der Waals surface area (Å²) in [4.78, 5) is 19.5. The van der Waals surface area contributed by atoms with Crippen LogP contribution in [0.5, 0.6) is 0 Å². The summed E-state index contributed by atoms with van der Waals surface area (Å²) in [6.07, 6.45) is 0.949. The number of amides is 1. The topological polar surface area (TPSA) is 54.5 Å². The molecule has 1 saturated heterocycles. The molecular weight excluding hydrogens is 262 g/mol. The Morgan fingerprint density at radius 3 is 2.95 bits per heavy atom. The molecule has 1 fully saturated rings. The first kappa shape index (κ1) is 14.4. The summed E-state index contributed by atoms with van der Waals surface area (Å²) in [5.74, 6) is 0.0678. The first-order valence-electron chi connectivity index (χ1n) is 6.52. The second-order valence-corrected chi connectivity index (χ2v) is 5.94. The summed E-state index contributed by atoms with van der Waals surface area (Å²) in [6.45, 7) is 5.69. The molecule has 1 aromatic heterocycles. The lowest BCUT2D eigenvalue weighted by molar-refractivity contribution is 0.0747. The Balaban J connectivity index is 2.16. The Labute approximate surface area is 118 Å². The third-order valence-electron chi connectivity index (χ3n) is 3.61. The number of nitrogens with zero attached hydrogens (tertiary/aromatic N) is 2. The lowest BCUT2D eigenvalue weighted by Gasteiger charge is -2.23. The van der Waals surface area contributed by atoms with Crippen LogP contribution in [0.1, 0.15) is 39.8 Å². The summed E-state index contributed by atoms with van der Waals surface area (Å²) in [7, 11) is 3.53. The monoisotopic (exact) mass is 283 g/mol. The number of carbonyl (C=O) groups excluding carboxylic acids is 1. The number of likely N-dealkylation sites (N-methyl/N-ethyl adjacent to an activating group) is 1. The lowest BCUT2D eigenvalue weighted by atomic mass is 10.2. The highest BCUT2D eigenvalue weighted by atomic mass is 32.1. The highest BCUT2D eigenvalue weighted by molar-refractivity contribution is 7.13. The first-order chi connectivity index (χ1) is 9.04. The number of rotatable bonds is 4. The van der Waals surface area contributed by atoms with Gasteiger partial charge in [0.25, 0.3) is 5.91 Å². The van der Waals surface area contributed by atoms with Crippen molar-refractivity contribution >= 4 is 17.2 Å². The molecule has 0 saturated carbocycles. The van der Waals surface area contributed by atoms with E-state index < -0.39 is 0 Å². The molecule has 5 nitrogen and oxygen atoms in total. The Morgan fingerprint density at radius 1 is 1.63 bits per heavy atom. The third-order valence-corrected chi connectivity index (χ3v) is 4.92. The molecular formula is C13H21N3O2S. The van der Waals surface area contributed by atoms with Gasteiger partial charge in [0.15, 0.2) is 0 Å². The molecule has 1 amide bonds. The minimum Gasteiger partial charge on any atom is -0.375 e. The Kier molecular flexibility index (Phi) is 4.54. The van der Waals surface area contributed by atoms with Gasteiger partial charge in [0.05, 0.1) is 5.69 Å². The van der Waals surface area contributed by atoms with Crippen molar-refractivity contribution in [3.63, 3.8) is 0 Å². The molecule has 106 valence electrons. The number of thiazole rings is 1. The van der Waals surface area contributed by atoms with Crippen LogP contribution >= 0.6 is 11.3 Å². The molecule has 0 radical (unpaired) electrons. The van der Waals surface area contributed by atoms with Crippen molar-refractivity contribution in [1.82, 2.24) is 15.2 Å². The molecule has 0 aliphatic carbocycles. The number of nitrogens with one attached hydrogen (secondary N) is 1. The van der Waals surface area contributed by atoms with Crippen LogP contribution in [-0.2, 0) is 4.74 Å². The van der Waals surface area contributed by atoms with Gasteiger partial charge in [-0.15, -0.1) is 11.3 Å². The standard InChI is InChI=1S/C13H21N3O2S/c1-8-11(19-12(15-8)9(2)18-4)13(17)16(3)10-5-6-14-7-10/h9-10,14H,5-7H2,1-4H3/t9-,10+/m1/s1. The van der Waals surface area contributed by atoms with E-state index in [1.54, 1.807) is 7.11 Å². The molecule has 6 heteroatoms. The van der Waals surface area contributed by atoms with E-state index in [0.717, 1.165) is 35.1 Å². The fourth-order valence-corrected chi connectivity index (χ4v) is 3.26. The SMILES string of the molecule is CO[C@H](C)c1nc(C)c(C(=O)N(C)[C@H]2CCNC2)s1. The van der Waals surface area contributed by atoms with Crippen molar-refractivity contribution < 1.29 is 9.53 Å². The zero-order valence-electron chi connectivity index (χ0n) is 11.9. The highest BCUT2D eigenvalue weighted by Crippen LogP contribution is 2.26. The minimum atomic E-state index is -0.0660. The first-order valence-corrected chi connectivity index (χ1v) is 7.34. The molecule has 2 rings (SSSR count). The number of ether oxygens (including phenoxy) is 1. The fourth-order valence-electron chi connectivity index (χ4n) is 2.19. The third kappa shape index (κ3) is 2.96. The van der Waals surface area contributed by atoms with Crippen molar-refractivity contribution in [1.29, 1.82) is 0 Å². The van der Waals surface area contributed by atoms with E-state index in [9.17, 15) is 4.79 Å². The van der Waals surface area contributed by atoms with Gasteiger partial charge < -0.3 is 15.0 Å². The van der Waals surface area contributed by atoms with Gasteiger partial charge in [-0.2, -0.15) is 0 Å². The van der Waals surface area contributed by atoms with Gasteiger partial charge in [-0.05, 0) is 26.8 Å². The predicted octanol–water partition coefficient (Wildman–Crippen LogP) is 1.59. The average molecular weight is 283 g/mol. The molecule has 1 aromatic rings.